The van der Waals surface area contributed by atoms with Crippen LogP contribution in [-0.2, 0) is 0 Å². The molecule has 0 saturated carbocycles. The van der Waals surface area contributed by atoms with Crippen LogP contribution in [0.3, 0.4) is 0 Å². The summed E-state index contributed by atoms with van der Waals surface area (Å²) in [4.78, 5) is 21.9. The van der Waals surface area contributed by atoms with Crippen molar-refractivity contribution in [1.29, 1.82) is 0 Å². The zero-order chi connectivity index (χ0) is 15.5. The molecule has 3 rings (SSSR count). The molecule has 22 heavy (non-hydrogen) atoms. The number of aryl methyl sites for hydroxylation is 1. The van der Waals surface area contributed by atoms with Gasteiger partial charge in [-0.3, -0.25) is 4.79 Å². The van der Waals surface area contributed by atoms with Gasteiger partial charge in [0.05, 0.1) is 0 Å². The Morgan fingerprint density at radius 1 is 1.59 bits per heavy atom. The molecule has 1 aliphatic rings. The van der Waals surface area contributed by atoms with Crippen molar-refractivity contribution in [1.82, 2.24) is 9.97 Å². The summed E-state index contributed by atoms with van der Waals surface area (Å²) in [5.74, 6) is 0.998. The first-order valence-corrected chi connectivity index (χ1v) is 8.16. The molecule has 1 atom stereocenters. The molecule has 2 aromatic rings. The van der Waals surface area contributed by atoms with Crippen molar-refractivity contribution in [3.63, 3.8) is 0 Å². The highest BCUT2D eigenvalue weighted by Gasteiger charge is 2.25. The van der Waals surface area contributed by atoms with Gasteiger partial charge in [0.25, 0.3) is 5.91 Å². The largest absolute Gasteiger partial charge is 0.370 e. The molecular formula is C15H19N5OS. The number of rotatable bonds is 5. The van der Waals surface area contributed by atoms with Gasteiger partial charge in [-0.2, -0.15) is 0 Å². The zero-order valence-corrected chi connectivity index (χ0v) is 13.3. The van der Waals surface area contributed by atoms with Crippen LogP contribution in [0.25, 0.3) is 0 Å². The molecule has 1 aliphatic heterocycles. The van der Waals surface area contributed by atoms with Crippen LogP contribution < -0.4 is 16.0 Å². The van der Waals surface area contributed by atoms with Gasteiger partial charge in [0, 0.05) is 31.2 Å². The number of anilines is 2. The smallest absolute Gasteiger partial charge is 0.268 e. The highest BCUT2D eigenvalue weighted by atomic mass is 32.1. The Labute approximate surface area is 133 Å². The minimum Gasteiger partial charge on any atom is -0.370 e. The Balaban J connectivity index is 1.54. The van der Waals surface area contributed by atoms with Gasteiger partial charge < -0.3 is 16.0 Å². The van der Waals surface area contributed by atoms with Gasteiger partial charge >= 0.3 is 0 Å². The third-order valence-electron chi connectivity index (χ3n) is 3.79. The molecule has 2 aromatic heterocycles. The maximum Gasteiger partial charge on any atom is 0.268 e. The van der Waals surface area contributed by atoms with Crippen molar-refractivity contribution in [2.45, 2.75) is 13.3 Å². The lowest BCUT2D eigenvalue weighted by Gasteiger charge is -2.15. The van der Waals surface area contributed by atoms with Gasteiger partial charge in [-0.05, 0) is 37.0 Å². The van der Waals surface area contributed by atoms with E-state index in [0.29, 0.717) is 11.6 Å². The van der Waals surface area contributed by atoms with Crippen LogP contribution in [0.2, 0.25) is 0 Å². The number of carbonyl (C=O) groups excluding carboxylic acids is 1. The summed E-state index contributed by atoms with van der Waals surface area (Å²) < 4.78 is 0. The number of nitrogens with zero attached hydrogens (tertiary/aromatic N) is 3. The molecule has 1 unspecified atom stereocenters. The molecule has 0 bridgehead atoms. The average molecular weight is 317 g/mol. The first-order chi connectivity index (χ1) is 10.6. The van der Waals surface area contributed by atoms with Gasteiger partial charge in [0.1, 0.15) is 11.5 Å². The fourth-order valence-electron chi connectivity index (χ4n) is 2.58. The number of pyridine rings is 1. The summed E-state index contributed by atoms with van der Waals surface area (Å²) >= 11 is 1.47. The van der Waals surface area contributed by atoms with Crippen LogP contribution in [0.5, 0.6) is 0 Å². The van der Waals surface area contributed by atoms with E-state index in [1.54, 1.807) is 5.38 Å². The van der Waals surface area contributed by atoms with Crippen LogP contribution >= 0.6 is 11.3 Å². The second kappa shape index (κ2) is 6.31. The molecule has 0 aromatic carbocycles. The lowest BCUT2D eigenvalue weighted by Crippen LogP contribution is -2.23. The minimum absolute atomic E-state index is 0.352. The standard InChI is InChI=1S/C15H19N5OS/c1-10-2-4-17-13(6-10)18-7-11-3-5-20(8-11)15-19-12(9-22-15)14(16)21/h2,4,6,9,11H,3,5,7-8H2,1H3,(H2,16,21)(H,17,18). The van der Waals surface area contributed by atoms with E-state index in [2.05, 4.69) is 27.1 Å². The highest BCUT2D eigenvalue weighted by molar-refractivity contribution is 7.13. The van der Waals surface area contributed by atoms with Crippen LogP contribution in [0, 0.1) is 12.8 Å². The normalized spacial score (nSPS) is 17.7. The fourth-order valence-corrected chi connectivity index (χ4v) is 3.43. The van der Waals surface area contributed by atoms with E-state index < -0.39 is 5.91 Å². The van der Waals surface area contributed by atoms with E-state index >= 15 is 0 Å². The number of aromatic nitrogens is 2. The maximum absolute atomic E-state index is 11.1. The minimum atomic E-state index is -0.467. The van der Waals surface area contributed by atoms with E-state index in [4.69, 9.17) is 5.73 Å². The second-order valence-electron chi connectivity index (χ2n) is 5.58. The Hall–Kier alpha value is -2.15. The quantitative estimate of drug-likeness (QED) is 0.879. The Bertz CT molecular complexity index is 671. The number of nitrogens with two attached hydrogens (primary N) is 1. The average Bonchev–Trinajstić information content (AvgIpc) is 3.14. The van der Waals surface area contributed by atoms with E-state index in [1.165, 1.54) is 16.9 Å². The van der Waals surface area contributed by atoms with Gasteiger partial charge in [-0.25, -0.2) is 9.97 Å². The molecule has 3 N–H and O–H groups in total. The van der Waals surface area contributed by atoms with E-state index in [9.17, 15) is 4.79 Å². The lowest BCUT2D eigenvalue weighted by molar-refractivity contribution is 0.0996. The lowest BCUT2D eigenvalue weighted by atomic mass is 10.1. The number of hydrogen-bond donors (Lipinski definition) is 2. The monoisotopic (exact) mass is 317 g/mol. The summed E-state index contributed by atoms with van der Waals surface area (Å²) in [6.07, 6.45) is 2.92. The topological polar surface area (TPSA) is 84.1 Å². The van der Waals surface area contributed by atoms with E-state index in [0.717, 1.165) is 37.0 Å². The maximum atomic E-state index is 11.1. The van der Waals surface area contributed by atoms with Crippen molar-refractivity contribution in [2.24, 2.45) is 11.7 Å². The number of thiazole rings is 1. The molecule has 6 nitrogen and oxygen atoms in total. The SMILES string of the molecule is Cc1ccnc(NCC2CCN(c3nc(C(N)=O)cs3)C2)c1. The predicted octanol–water partition coefficient (Wildman–Crippen LogP) is 1.88. The van der Waals surface area contributed by atoms with Crippen molar-refractivity contribution < 1.29 is 4.79 Å². The predicted molar refractivity (Wildman–Crippen MR) is 88.4 cm³/mol. The second-order valence-corrected chi connectivity index (χ2v) is 6.42. The number of hydrogen-bond acceptors (Lipinski definition) is 6. The number of carbonyl (C=O) groups is 1. The van der Waals surface area contributed by atoms with Crippen molar-refractivity contribution >= 4 is 28.2 Å². The molecule has 3 heterocycles. The molecule has 1 saturated heterocycles. The number of amides is 1. The van der Waals surface area contributed by atoms with E-state index in [-0.39, 0.29) is 0 Å². The van der Waals surface area contributed by atoms with Crippen LogP contribution in [0.15, 0.2) is 23.7 Å². The molecule has 1 fully saturated rings. The molecule has 0 radical (unpaired) electrons. The molecular weight excluding hydrogens is 298 g/mol. The first kappa shape index (κ1) is 14.8. The summed E-state index contributed by atoms with van der Waals surface area (Å²) in [5, 5.41) is 6.00. The molecule has 1 amide bonds. The fraction of sp³-hybridized carbons (Fsp3) is 0.400. The van der Waals surface area contributed by atoms with Gasteiger partial charge in [-0.1, -0.05) is 0 Å². The van der Waals surface area contributed by atoms with Crippen LogP contribution in [-0.4, -0.2) is 35.5 Å². The van der Waals surface area contributed by atoms with Crippen molar-refractivity contribution in [3.05, 3.63) is 35.0 Å². The molecule has 116 valence electrons. The Morgan fingerprint density at radius 2 is 2.45 bits per heavy atom. The summed E-state index contributed by atoms with van der Waals surface area (Å²) in [5.41, 5.74) is 6.80. The highest BCUT2D eigenvalue weighted by Crippen LogP contribution is 2.27. The van der Waals surface area contributed by atoms with E-state index in [1.807, 2.05) is 18.3 Å². The molecule has 0 aliphatic carbocycles. The molecule has 7 heteroatoms. The van der Waals surface area contributed by atoms with Crippen LogP contribution in [0.1, 0.15) is 22.5 Å². The van der Waals surface area contributed by atoms with Gasteiger partial charge in [-0.15, -0.1) is 11.3 Å². The van der Waals surface area contributed by atoms with Crippen molar-refractivity contribution in [2.75, 3.05) is 29.9 Å². The first-order valence-electron chi connectivity index (χ1n) is 7.28. The summed E-state index contributed by atoms with van der Waals surface area (Å²) in [6.45, 7) is 4.84. The summed E-state index contributed by atoms with van der Waals surface area (Å²) in [7, 11) is 0. The number of primary amides is 1. The zero-order valence-electron chi connectivity index (χ0n) is 12.5. The molecule has 0 spiro atoms. The Kier molecular flexibility index (Phi) is 4.24. The van der Waals surface area contributed by atoms with Gasteiger partial charge in [0.15, 0.2) is 5.13 Å². The third-order valence-corrected chi connectivity index (χ3v) is 4.69. The third kappa shape index (κ3) is 3.36. The summed E-state index contributed by atoms with van der Waals surface area (Å²) in [6, 6.07) is 4.04. The Morgan fingerprint density at radius 3 is 3.18 bits per heavy atom. The van der Waals surface area contributed by atoms with Crippen molar-refractivity contribution in [3.8, 4) is 0 Å². The number of nitrogens with one attached hydrogen (secondary N) is 1. The van der Waals surface area contributed by atoms with Crippen LogP contribution in [0.4, 0.5) is 10.9 Å². The van der Waals surface area contributed by atoms with Gasteiger partial charge in [0.2, 0.25) is 0 Å².